The van der Waals surface area contributed by atoms with Crippen LogP contribution in [0.5, 0.6) is 0 Å². The summed E-state index contributed by atoms with van der Waals surface area (Å²) in [7, 11) is 0. The molecule has 0 atom stereocenters. The summed E-state index contributed by atoms with van der Waals surface area (Å²) in [5, 5.41) is 3.91. The van der Waals surface area contributed by atoms with Gasteiger partial charge in [0.25, 0.3) is 5.91 Å². The van der Waals surface area contributed by atoms with Crippen LogP contribution in [-0.2, 0) is 11.2 Å². The van der Waals surface area contributed by atoms with Crippen LogP contribution >= 0.6 is 11.5 Å². The quantitative estimate of drug-likeness (QED) is 0.839. The first-order chi connectivity index (χ1) is 8.31. The second-order valence-electron chi connectivity index (χ2n) is 3.51. The van der Waals surface area contributed by atoms with Gasteiger partial charge < -0.3 is 5.32 Å². The monoisotopic (exact) mass is 244 g/mol. The van der Waals surface area contributed by atoms with Crippen LogP contribution in [0.15, 0.2) is 24.3 Å². The molecule has 1 N–H and O–H groups in total. The molecule has 0 aliphatic heterocycles. The largest absolute Gasteiger partial charge is 0.345 e. The SMILES string of the molecule is CC#CC(=O)NCCc1nsc2ccccc12. The van der Waals surface area contributed by atoms with Gasteiger partial charge in [0.2, 0.25) is 0 Å². The Morgan fingerprint density at radius 2 is 2.29 bits per heavy atom. The Balaban J connectivity index is 1.99. The molecule has 0 aliphatic rings. The molecule has 0 bridgehead atoms. The summed E-state index contributed by atoms with van der Waals surface area (Å²) in [6.07, 6.45) is 0.737. The zero-order chi connectivity index (χ0) is 12.1. The number of carbonyl (C=O) groups excluding carboxylic acids is 1. The highest BCUT2D eigenvalue weighted by molar-refractivity contribution is 7.13. The highest BCUT2D eigenvalue weighted by Crippen LogP contribution is 2.22. The molecule has 1 aromatic carbocycles. The van der Waals surface area contributed by atoms with E-state index in [1.807, 2.05) is 12.1 Å². The van der Waals surface area contributed by atoms with Gasteiger partial charge in [0.15, 0.2) is 0 Å². The Kier molecular flexibility index (Phi) is 3.73. The normalized spacial score (nSPS) is 9.71. The third-order valence-corrected chi connectivity index (χ3v) is 3.20. The van der Waals surface area contributed by atoms with Crippen molar-refractivity contribution in [3.63, 3.8) is 0 Å². The Bertz CT molecular complexity index is 592. The summed E-state index contributed by atoms with van der Waals surface area (Å²) in [6, 6.07) is 8.11. The first-order valence-electron chi connectivity index (χ1n) is 5.35. The van der Waals surface area contributed by atoms with Gasteiger partial charge in [-0.1, -0.05) is 24.1 Å². The van der Waals surface area contributed by atoms with Crippen molar-refractivity contribution < 1.29 is 4.79 Å². The lowest BCUT2D eigenvalue weighted by Gasteiger charge is -1.99. The van der Waals surface area contributed by atoms with Crippen molar-refractivity contribution in [2.75, 3.05) is 6.54 Å². The zero-order valence-corrected chi connectivity index (χ0v) is 10.3. The Morgan fingerprint density at radius 1 is 1.47 bits per heavy atom. The van der Waals surface area contributed by atoms with Crippen LogP contribution < -0.4 is 5.32 Å². The standard InChI is InChI=1S/C13H12N2OS/c1-2-5-13(16)14-9-8-11-10-6-3-4-7-12(10)17-15-11/h3-4,6-7H,8-9H2,1H3,(H,14,16). The molecule has 1 amide bonds. The number of benzene rings is 1. The Labute approximate surface area is 104 Å². The third kappa shape index (κ3) is 2.83. The first-order valence-corrected chi connectivity index (χ1v) is 6.12. The van der Waals surface area contributed by atoms with Crippen molar-refractivity contribution >= 4 is 27.5 Å². The predicted octanol–water partition coefficient (Wildman–Crippen LogP) is 1.98. The summed E-state index contributed by atoms with van der Waals surface area (Å²) in [5.41, 5.74) is 1.04. The molecule has 2 rings (SSSR count). The van der Waals surface area contributed by atoms with Crippen LogP contribution in [0.3, 0.4) is 0 Å². The van der Waals surface area contributed by atoms with Crippen LogP contribution in [0.1, 0.15) is 12.6 Å². The van der Waals surface area contributed by atoms with Gasteiger partial charge in [-0.25, -0.2) is 0 Å². The maximum absolute atomic E-state index is 11.1. The van der Waals surface area contributed by atoms with Crippen LogP contribution in [0.25, 0.3) is 10.1 Å². The molecule has 0 radical (unpaired) electrons. The summed E-state index contributed by atoms with van der Waals surface area (Å²) >= 11 is 1.49. The zero-order valence-electron chi connectivity index (χ0n) is 9.49. The molecule has 1 heterocycles. The van der Waals surface area contributed by atoms with E-state index >= 15 is 0 Å². The predicted molar refractivity (Wildman–Crippen MR) is 69.8 cm³/mol. The molecule has 1 aromatic heterocycles. The van der Waals surface area contributed by atoms with Crippen LogP contribution in [-0.4, -0.2) is 16.8 Å². The third-order valence-electron chi connectivity index (χ3n) is 2.34. The fourth-order valence-corrected chi connectivity index (χ4v) is 2.39. The van der Waals surface area contributed by atoms with Crippen molar-refractivity contribution in [2.45, 2.75) is 13.3 Å². The molecule has 0 saturated carbocycles. The fraction of sp³-hybridized carbons (Fsp3) is 0.231. The van der Waals surface area contributed by atoms with Gasteiger partial charge in [0.1, 0.15) is 0 Å². The topological polar surface area (TPSA) is 42.0 Å². The maximum atomic E-state index is 11.1. The van der Waals surface area contributed by atoms with Crippen molar-refractivity contribution in [1.29, 1.82) is 0 Å². The minimum Gasteiger partial charge on any atom is -0.345 e. The fourth-order valence-electron chi connectivity index (χ4n) is 1.57. The van der Waals surface area contributed by atoms with E-state index in [2.05, 4.69) is 33.7 Å². The van der Waals surface area contributed by atoms with Crippen molar-refractivity contribution in [3.8, 4) is 11.8 Å². The molecule has 2 aromatic rings. The van der Waals surface area contributed by atoms with Crippen molar-refractivity contribution in [3.05, 3.63) is 30.0 Å². The van der Waals surface area contributed by atoms with Gasteiger partial charge in [-0.2, -0.15) is 4.37 Å². The van der Waals surface area contributed by atoms with Gasteiger partial charge in [0, 0.05) is 18.4 Å². The van der Waals surface area contributed by atoms with Gasteiger partial charge in [-0.15, -0.1) is 0 Å². The average Bonchev–Trinajstić information content (AvgIpc) is 2.73. The molecule has 0 spiro atoms. The Morgan fingerprint density at radius 3 is 3.12 bits per heavy atom. The van der Waals surface area contributed by atoms with Gasteiger partial charge in [-0.3, -0.25) is 4.79 Å². The van der Waals surface area contributed by atoms with Gasteiger partial charge >= 0.3 is 0 Å². The summed E-state index contributed by atoms with van der Waals surface area (Å²) < 4.78 is 5.58. The minimum absolute atomic E-state index is 0.230. The summed E-state index contributed by atoms with van der Waals surface area (Å²) in [5.74, 6) is 4.78. The minimum atomic E-state index is -0.230. The lowest BCUT2D eigenvalue weighted by Crippen LogP contribution is -2.24. The molecular weight excluding hydrogens is 232 g/mol. The average molecular weight is 244 g/mol. The second kappa shape index (κ2) is 5.46. The number of amides is 1. The highest BCUT2D eigenvalue weighted by Gasteiger charge is 2.05. The molecule has 0 saturated heterocycles. The lowest BCUT2D eigenvalue weighted by atomic mass is 10.2. The number of hydrogen-bond acceptors (Lipinski definition) is 3. The number of aromatic nitrogens is 1. The summed E-state index contributed by atoms with van der Waals surface area (Å²) in [6.45, 7) is 2.22. The molecule has 3 nitrogen and oxygen atoms in total. The van der Waals surface area contributed by atoms with E-state index in [1.54, 1.807) is 6.92 Å². The molecule has 86 valence electrons. The number of carbonyl (C=O) groups is 1. The van der Waals surface area contributed by atoms with Gasteiger partial charge in [-0.05, 0) is 30.4 Å². The second-order valence-corrected chi connectivity index (χ2v) is 4.31. The van der Waals surface area contributed by atoms with Gasteiger partial charge in [0.05, 0.1) is 10.4 Å². The van der Waals surface area contributed by atoms with E-state index in [0.717, 1.165) is 12.1 Å². The molecule has 0 unspecified atom stereocenters. The Hall–Kier alpha value is -1.86. The number of nitrogens with zero attached hydrogens (tertiary/aromatic N) is 1. The summed E-state index contributed by atoms with van der Waals surface area (Å²) in [4.78, 5) is 11.1. The number of hydrogen-bond donors (Lipinski definition) is 1. The molecule has 0 aliphatic carbocycles. The van der Waals surface area contributed by atoms with E-state index in [4.69, 9.17) is 0 Å². The van der Waals surface area contributed by atoms with Crippen LogP contribution in [0.4, 0.5) is 0 Å². The van der Waals surface area contributed by atoms with E-state index < -0.39 is 0 Å². The molecule has 17 heavy (non-hydrogen) atoms. The van der Waals surface area contributed by atoms with E-state index in [0.29, 0.717) is 6.54 Å². The van der Waals surface area contributed by atoms with Crippen LogP contribution in [0, 0.1) is 11.8 Å². The molecule has 0 fully saturated rings. The highest BCUT2D eigenvalue weighted by atomic mass is 32.1. The molecule has 4 heteroatoms. The molecular formula is C13H12N2OS. The van der Waals surface area contributed by atoms with E-state index in [-0.39, 0.29) is 5.91 Å². The first kappa shape index (κ1) is 11.6. The van der Waals surface area contributed by atoms with E-state index in [9.17, 15) is 4.79 Å². The van der Waals surface area contributed by atoms with Crippen LogP contribution in [0.2, 0.25) is 0 Å². The number of fused-ring (bicyclic) bond motifs is 1. The maximum Gasteiger partial charge on any atom is 0.295 e. The smallest absolute Gasteiger partial charge is 0.295 e. The van der Waals surface area contributed by atoms with E-state index in [1.165, 1.54) is 21.6 Å². The lowest BCUT2D eigenvalue weighted by molar-refractivity contribution is -0.115. The number of rotatable bonds is 3. The van der Waals surface area contributed by atoms with Crippen molar-refractivity contribution in [1.82, 2.24) is 9.69 Å². The van der Waals surface area contributed by atoms with Crippen molar-refractivity contribution in [2.24, 2.45) is 0 Å². The number of nitrogens with one attached hydrogen (secondary N) is 1.